The zero-order valence-corrected chi connectivity index (χ0v) is 48.5. The molecule has 0 aromatic carbocycles. The van der Waals surface area contributed by atoms with Crippen LogP contribution in [0.5, 0.6) is 0 Å². The summed E-state index contributed by atoms with van der Waals surface area (Å²) in [6.07, 6.45) is 4.84. The van der Waals surface area contributed by atoms with E-state index in [0.717, 1.165) is 9.80 Å². The minimum absolute atomic E-state index is 0.0429. The van der Waals surface area contributed by atoms with E-state index < -0.39 is 23.6 Å². The molecule has 0 aromatic heterocycles. The third-order valence-corrected chi connectivity index (χ3v) is 10.8. The van der Waals surface area contributed by atoms with Crippen LogP contribution in [-0.2, 0) is 119 Å². The molecule has 0 fully saturated rings. The first kappa shape index (κ1) is 75.0. The lowest BCUT2D eigenvalue weighted by Crippen LogP contribution is -2.35. The Hall–Kier alpha value is -4.06. The average Bonchev–Trinajstić information content (AvgIpc) is 3.99. The van der Waals surface area contributed by atoms with Crippen LogP contribution >= 0.6 is 0 Å². The fraction of sp³-hybridized carbons (Fsp3) is 0.815. The zero-order chi connectivity index (χ0) is 59.4. The summed E-state index contributed by atoms with van der Waals surface area (Å²) >= 11 is 0. The Labute approximate surface area is 487 Å². The van der Waals surface area contributed by atoms with Crippen molar-refractivity contribution >= 4 is 35.4 Å². The standard InChI is InChI=1S/C54H94N4O25/c59-49(5-9-57-51(61)1-2-52(57)62)55-7-11-65-13-15-67-17-19-69-21-23-71-25-27-73-29-31-75-33-35-77-37-39-79-41-43-81-45-47-83-48-46-82-44-42-80-40-38-78-36-34-76-32-30-74-28-26-72-24-22-70-20-18-68-16-14-66-12-8-56-50(60)6-10-58-53(63)3-4-54(58)64/h1-4H,5-48H2,(H,55,59)(H,56,60). The summed E-state index contributed by atoms with van der Waals surface area (Å²) in [6.45, 7) is 17.5. The minimum Gasteiger partial charge on any atom is -0.377 e. The molecular formula is C54H94N4O25. The van der Waals surface area contributed by atoms with Gasteiger partial charge in [-0.25, -0.2) is 0 Å². The second-order valence-electron chi connectivity index (χ2n) is 17.2. The second-order valence-corrected chi connectivity index (χ2v) is 17.2. The largest absolute Gasteiger partial charge is 0.377 e. The molecule has 83 heavy (non-hydrogen) atoms. The molecule has 0 unspecified atom stereocenters. The van der Waals surface area contributed by atoms with E-state index in [1.165, 1.54) is 24.3 Å². The first-order chi connectivity index (χ1) is 40.9. The Morgan fingerprint density at radius 3 is 0.518 bits per heavy atom. The van der Waals surface area contributed by atoms with Crippen molar-refractivity contribution in [3.05, 3.63) is 24.3 Å². The Balaban J connectivity index is 1.10. The SMILES string of the molecule is O=C(CCN1C(=O)C=CC1=O)NCCOCCOCCOCCOCCOCCOCCOCCOCCOCCOCCOCCOCCOCCOCCOCCOCCOCCOCCOCCNC(=O)CCN1C(=O)C=CC1=O. The Kier molecular flexibility index (Phi) is 52.7. The van der Waals surface area contributed by atoms with Crippen molar-refractivity contribution in [2.45, 2.75) is 12.8 Å². The van der Waals surface area contributed by atoms with E-state index in [-0.39, 0.29) is 37.7 Å². The highest BCUT2D eigenvalue weighted by Crippen LogP contribution is 2.05. The molecule has 0 spiro atoms. The summed E-state index contributed by atoms with van der Waals surface area (Å²) in [4.78, 5) is 71.7. The molecule has 0 atom stereocenters. The maximum absolute atomic E-state index is 11.8. The molecule has 6 amide bonds. The topological polar surface area (TPSA) is 308 Å². The number of carbonyl (C=O) groups excluding carboxylic acids is 6. The molecule has 29 heteroatoms. The number of amides is 6. The lowest BCUT2D eigenvalue weighted by atomic mass is 10.3. The monoisotopic (exact) mass is 1200 g/mol. The van der Waals surface area contributed by atoms with Crippen LogP contribution in [-0.4, -0.2) is 322 Å². The van der Waals surface area contributed by atoms with Gasteiger partial charge in [-0.2, -0.15) is 0 Å². The van der Waals surface area contributed by atoms with Crippen molar-refractivity contribution in [1.82, 2.24) is 20.4 Å². The van der Waals surface area contributed by atoms with Gasteiger partial charge in [-0.15, -0.1) is 0 Å². The summed E-state index contributed by atoms with van der Waals surface area (Å²) in [5.74, 6) is -2.14. The predicted molar refractivity (Wildman–Crippen MR) is 293 cm³/mol. The van der Waals surface area contributed by atoms with Crippen LogP contribution in [0.3, 0.4) is 0 Å². The second kappa shape index (κ2) is 58.3. The molecule has 0 radical (unpaired) electrons. The van der Waals surface area contributed by atoms with Crippen LogP contribution in [0, 0.1) is 0 Å². The Morgan fingerprint density at radius 1 is 0.241 bits per heavy atom. The summed E-state index contributed by atoms with van der Waals surface area (Å²) in [7, 11) is 0. The van der Waals surface area contributed by atoms with Gasteiger partial charge in [0.15, 0.2) is 0 Å². The number of imide groups is 2. The number of rotatable bonds is 66. The Bertz CT molecular complexity index is 1520. The molecule has 0 aromatic rings. The fourth-order valence-electron chi connectivity index (χ4n) is 6.49. The zero-order valence-electron chi connectivity index (χ0n) is 48.5. The van der Waals surface area contributed by atoms with Crippen LogP contribution < -0.4 is 10.6 Å². The quantitative estimate of drug-likeness (QED) is 0.0500. The maximum atomic E-state index is 11.8. The first-order valence-electron chi connectivity index (χ1n) is 28.5. The van der Waals surface area contributed by atoms with Crippen LogP contribution in [0.15, 0.2) is 24.3 Å². The number of hydrogen-bond acceptors (Lipinski definition) is 25. The fourth-order valence-corrected chi connectivity index (χ4v) is 6.49. The van der Waals surface area contributed by atoms with Crippen molar-refractivity contribution in [3.8, 4) is 0 Å². The molecule has 2 heterocycles. The lowest BCUT2D eigenvalue weighted by Gasteiger charge is -2.13. The highest BCUT2D eigenvalue weighted by Gasteiger charge is 2.24. The molecule has 480 valence electrons. The van der Waals surface area contributed by atoms with Gasteiger partial charge < -0.3 is 101 Å². The van der Waals surface area contributed by atoms with E-state index in [4.69, 9.17) is 90.0 Å². The lowest BCUT2D eigenvalue weighted by molar-refractivity contribution is -0.139. The Morgan fingerprint density at radius 2 is 0.373 bits per heavy atom. The first-order valence-corrected chi connectivity index (χ1v) is 28.5. The van der Waals surface area contributed by atoms with Crippen molar-refractivity contribution < 1.29 is 119 Å². The van der Waals surface area contributed by atoms with Gasteiger partial charge in [0.05, 0.1) is 251 Å². The molecule has 0 saturated heterocycles. The molecule has 2 aliphatic heterocycles. The maximum Gasteiger partial charge on any atom is 0.253 e. The van der Waals surface area contributed by atoms with E-state index in [0.29, 0.717) is 264 Å². The molecule has 29 nitrogen and oxygen atoms in total. The molecule has 0 bridgehead atoms. The van der Waals surface area contributed by atoms with Gasteiger partial charge in [0, 0.05) is 63.3 Å². The third-order valence-electron chi connectivity index (χ3n) is 10.8. The number of ether oxygens (including phenoxy) is 19. The normalized spacial score (nSPS) is 13.3. The molecule has 0 saturated carbocycles. The predicted octanol–water partition coefficient (Wildman–Crippen LogP) is -1.84. The molecule has 2 N–H and O–H groups in total. The summed E-state index contributed by atoms with van der Waals surface area (Å²) in [5.41, 5.74) is 0. The molecule has 2 aliphatic rings. The van der Waals surface area contributed by atoms with Gasteiger partial charge in [0.1, 0.15) is 0 Å². The minimum atomic E-state index is -0.404. The number of hydrogen-bond donors (Lipinski definition) is 2. The molecule has 0 aliphatic carbocycles. The van der Waals surface area contributed by atoms with Crippen LogP contribution in [0.4, 0.5) is 0 Å². The van der Waals surface area contributed by atoms with Gasteiger partial charge in [-0.1, -0.05) is 0 Å². The van der Waals surface area contributed by atoms with Gasteiger partial charge >= 0.3 is 0 Å². The van der Waals surface area contributed by atoms with E-state index in [1.807, 2.05) is 0 Å². The summed E-state index contributed by atoms with van der Waals surface area (Å²) in [5, 5.41) is 5.36. The highest BCUT2D eigenvalue weighted by atomic mass is 16.6. The summed E-state index contributed by atoms with van der Waals surface area (Å²) in [6, 6.07) is 0. The van der Waals surface area contributed by atoms with E-state index in [1.54, 1.807) is 0 Å². The molecule has 2 rings (SSSR count). The molecular weight excluding hydrogens is 1100 g/mol. The summed E-state index contributed by atoms with van der Waals surface area (Å²) < 4.78 is 104. The van der Waals surface area contributed by atoms with Crippen LogP contribution in [0.2, 0.25) is 0 Å². The van der Waals surface area contributed by atoms with Gasteiger partial charge in [0.25, 0.3) is 23.6 Å². The smallest absolute Gasteiger partial charge is 0.253 e. The average molecular weight is 1200 g/mol. The van der Waals surface area contributed by atoms with Gasteiger partial charge in [0.2, 0.25) is 11.8 Å². The van der Waals surface area contributed by atoms with Gasteiger partial charge in [-0.05, 0) is 0 Å². The van der Waals surface area contributed by atoms with Crippen molar-refractivity contribution in [1.29, 1.82) is 0 Å². The van der Waals surface area contributed by atoms with E-state index >= 15 is 0 Å². The van der Waals surface area contributed by atoms with E-state index in [9.17, 15) is 28.8 Å². The number of carbonyl (C=O) groups is 6. The van der Waals surface area contributed by atoms with Crippen molar-refractivity contribution in [2.24, 2.45) is 0 Å². The van der Waals surface area contributed by atoms with Crippen molar-refractivity contribution in [2.75, 3.05) is 277 Å². The number of nitrogens with one attached hydrogen (secondary N) is 2. The van der Waals surface area contributed by atoms with Crippen LogP contribution in [0.1, 0.15) is 12.8 Å². The van der Waals surface area contributed by atoms with Gasteiger partial charge in [-0.3, -0.25) is 38.6 Å². The number of nitrogens with zero attached hydrogens (tertiary/aromatic N) is 2. The van der Waals surface area contributed by atoms with E-state index in [2.05, 4.69) is 10.6 Å². The highest BCUT2D eigenvalue weighted by molar-refractivity contribution is 6.13. The van der Waals surface area contributed by atoms with Crippen LogP contribution in [0.25, 0.3) is 0 Å². The third kappa shape index (κ3) is 48.8. The van der Waals surface area contributed by atoms with Crippen molar-refractivity contribution in [3.63, 3.8) is 0 Å².